The molecule has 0 radical (unpaired) electrons. The van der Waals surface area contributed by atoms with Crippen molar-refractivity contribution in [2.45, 2.75) is 92.8 Å². The summed E-state index contributed by atoms with van der Waals surface area (Å²) in [5.41, 5.74) is 29.4. The fourth-order valence-corrected chi connectivity index (χ4v) is 4.32. The Morgan fingerprint density at radius 3 is 2.33 bits per heavy atom. The van der Waals surface area contributed by atoms with E-state index in [1.165, 1.54) is 0 Å². The van der Waals surface area contributed by atoms with Crippen molar-refractivity contribution in [3.05, 3.63) is 0 Å². The Morgan fingerprint density at radius 1 is 0.970 bits per heavy atom. The average molecular weight is 481 g/mol. The van der Waals surface area contributed by atoms with Gasteiger partial charge in [-0.2, -0.15) is 0 Å². The number of hydrogen-bond donors (Lipinski definition) is 10. The number of nitrogens with two attached hydrogens (primary N) is 5. The molecule has 196 valence electrons. The van der Waals surface area contributed by atoms with Gasteiger partial charge in [0.1, 0.15) is 30.5 Å². The summed E-state index contributed by atoms with van der Waals surface area (Å²) in [6.45, 7) is 1.19. The maximum absolute atomic E-state index is 10.7. The normalized spacial score (nSPS) is 40.6. The van der Waals surface area contributed by atoms with Crippen molar-refractivity contribution in [2.75, 3.05) is 32.8 Å². The molecule has 11 atom stereocenters. The SMILES string of the molecule is NCCCC[C@@H](CO)NCCO[C@@H]1[C@@H](O)[C@H](N)C[C@H](N)[C@H]1O[C@H]1O[C@H](CN)[C@@H](O)[C@H](O)[C@H]1N. The summed E-state index contributed by atoms with van der Waals surface area (Å²) >= 11 is 0. The second-order valence-corrected chi connectivity index (χ2v) is 8.95. The van der Waals surface area contributed by atoms with Crippen LogP contribution in [0.1, 0.15) is 25.7 Å². The number of unbranched alkanes of at least 4 members (excludes halogenated alkanes) is 1. The summed E-state index contributed by atoms with van der Waals surface area (Å²) in [7, 11) is 0. The number of hydrogen-bond acceptors (Lipinski definition) is 13. The van der Waals surface area contributed by atoms with Crippen molar-refractivity contribution >= 4 is 0 Å². The van der Waals surface area contributed by atoms with Crippen molar-refractivity contribution in [1.82, 2.24) is 5.32 Å². The van der Waals surface area contributed by atoms with Gasteiger partial charge in [0.05, 0.1) is 25.4 Å². The summed E-state index contributed by atoms with van der Waals surface area (Å²) in [5.74, 6) is 0. The molecule has 1 aliphatic heterocycles. The Kier molecular flexibility index (Phi) is 12.3. The molecule has 0 amide bonds. The maximum atomic E-state index is 10.7. The average Bonchev–Trinajstić information content (AvgIpc) is 2.80. The van der Waals surface area contributed by atoms with Gasteiger partial charge in [-0.3, -0.25) is 0 Å². The van der Waals surface area contributed by atoms with Crippen molar-refractivity contribution < 1.29 is 34.6 Å². The molecule has 0 aromatic rings. The van der Waals surface area contributed by atoms with Crippen LogP contribution < -0.4 is 34.0 Å². The largest absolute Gasteiger partial charge is 0.395 e. The fraction of sp³-hybridized carbons (Fsp3) is 1.00. The minimum absolute atomic E-state index is 0.00843. The smallest absolute Gasteiger partial charge is 0.176 e. The quantitative estimate of drug-likeness (QED) is 0.111. The molecule has 2 rings (SSSR count). The molecular formula is C20H44N6O7. The second-order valence-electron chi connectivity index (χ2n) is 8.95. The molecule has 2 aliphatic rings. The molecule has 1 heterocycles. The highest BCUT2D eigenvalue weighted by Crippen LogP contribution is 2.28. The van der Waals surface area contributed by atoms with Crippen LogP contribution in [0.15, 0.2) is 0 Å². The molecule has 2 fully saturated rings. The van der Waals surface area contributed by atoms with Crippen LogP contribution in [0.2, 0.25) is 0 Å². The number of ether oxygens (including phenoxy) is 3. The molecule has 1 saturated carbocycles. The maximum Gasteiger partial charge on any atom is 0.176 e. The predicted octanol–water partition coefficient (Wildman–Crippen LogP) is -5.01. The lowest BCUT2D eigenvalue weighted by atomic mass is 9.84. The molecule has 13 heteroatoms. The van der Waals surface area contributed by atoms with Gasteiger partial charge in [0, 0.05) is 31.2 Å². The Labute approximate surface area is 194 Å². The van der Waals surface area contributed by atoms with Crippen LogP contribution in [0.5, 0.6) is 0 Å². The van der Waals surface area contributed by atoms with Crippen molar-refractivity contribution in [2.24, 2.45) is 28.7 Å². The molecule has 1 aliphatic carbocycles. The molecule has 0 aromatic carbocycles. The Hall–Kier alpha value is -0.520. The first-order chi connectivity index (χ1) is 15.7. The molecular weight excluding hydrogens is 436 g/mol. The predicted molar refractivity (Wildman–Crippen MR) is 121 cm³/mol. The highest BCUT2D eigenvalue weighted by Gasteiger charge is 2.48. The lowest BCUT2D eigenvalue weighted by Gasteiger charge is -2.46. The third-order valence-electron chi connectivity index (χ3n) is 6.41. The third kappa shape index (κ3) is 7.73. The van der Waals surface area contributed by atoms with E-state index in [1.54, 1.807) is 0 Å². The van der Waals surface area contributed by atoms with Crippen LogP contribution in [0, 0.1) is 0 Å². The van der Waals surface area contributed by atoms with Crippen molar-refractivity contribution in [1.29, 1.82) is 0 Å². The lowest BCUT2D eigenvalue weighted by molar-refractivity contribution is -0.291. The van der Waals surface area contributed by atoms with E-state index in [4.69, 9.17) is 42.9 Å². The zero-order valence-electron chi connectivity index (χ0n) is 19.1. The van der Waals surface area contributed by atoms with E-state index in [0.29, 0.717) is 13.1 Å². The highest BCUT2D eigenvalue weighted by molar-refractivity contribution is 5.00. The molecule has 1 saturated heterocycles. The Bertz CT molecular complexity index is 551. The van der Waals surface area contributed by atoms with Gasteiger partial charge in [-0.05, 0) is 25.8 Å². The first kappa shape index (κ1) is 28.7. The lowest BCUT2D eigenvalue weighted by Crippen LogP contribution is -2.67. The van der Waals surface area contributed by atoms with E-state index in [2.05, 4.69) is 5.32 Å². The van der Waals surface area contributed by atoms with Gasteiger partial charge in [0.2, 0.25) is 0 Å². The van der Waals surface area contributed by atoms with Gasteiger partial charge in [-0.25, -0.2) is 0 Å². The van der Waals surface area contributed by atoms with Gasteiger partial charge in [0.15, 0.2) is 6.29 Å². The van der Waals surface area contributed by atoms with E-state index < -0.39 is 61.0 Å². The van der Waals surface area contributed by atoms with E-state index in [0.717, 1.165) is 19.3 Å². The molecule has 33 heavy (non-hydrogen) atoms. The first-order valence-electron chi connectivity index (χ1n) is 11.7. The molecule has 15 N–H and O–H groups in total. The number of rotatable bonds is 13. The van der Waals surface area contributed by atoms with Gasteiger partial charge in [0.25, 0.3) is 0 Å². The van der Waals surface area contributed by atoms with E-state index in [-0.39, 0.29) is 32.2 Å². The van der Waals surface area contributed by atoms with Crippen LogP contribution in [0.25, 0.3) is 0 Å². The number of aliphatic hydroxyl groups excluding tert-OH is 4. The monoisotopic (exact) mass is 480 g/mol. The zero-order chi connectivity index (χ0) is 24.5. The minimum atomic E-state index is -1.30. The summed E-state index contributed by atoms with van der Waals surface area (Å²) in [6, 6.07) is -2.32. The minimum Gasteiger partial charge on any atom is -0.395 e. The van der Waals surface area contributed by atoms with Crippen LogP contribution in [0.3, 0.4) is 0 Å². The molecule has 13 nitrogen and oxygen atoms in total. The topological polar surface area (TPSA) is 251 Å². The second kappa shape index (κ2) is 14.1. The van der Waals surface area contributed by atoms with E-state index in [1.807, 2.05) is 0 Å². The Morgan fingerprint density at radius 2 is 1.70 bits per heavy atom. The van der Waals surface area contributed by atoms with Crippen LogP contribution >= 0.6 is 0 Å². The summed E-state index contributed by atoms with van der Waals surface area (Å²) < 4.78 is 17.6. The highest BCUT2D eigenvalue weighted by atomic mass is 16.7. The number of aliphatic hydroxyl groups is 4. The summed E-state index contributed by atoms with van der Waals surface area (Å²) in [5, 5.41) is 43.7. The standard InChI is InChI=1S/C20H44N6O7/c21-4-2-1-3-10(9-27)26-5-6-31-19-15(28)11(23)7-12(24)18(19)33-20-14(25)17(30)16(29)13(8-22)32-20/h10-20,26-30H,1-9,21-25H2/t10-,11+,12-,13+,14+,15-,16+,17+,18+,19+,20+/m0/s1. The van der Waals surface area contributed by atoms with Crippen LogP contribution in [-0.2, 0) is 14.2 Å². The molecule has 0 unspecified atom stereocenters. The van der Waals surface area contributed by atoms with Crippen molar-refractivity contribution in [3.63, 3.8) is 0 Å². The fourth-order valence-electron chi connectivity index (χ4n) is 4.32. The van der Waals surface area contributed by atoms with E-state index >= 15 is 0 Å². The first-order valence-corrected chi connectivity index (χ1v) is 11.7. The van der Waals surface area contributed by atoms with Gasteiger partial charge >= 0.3 is 0 Å². The van der Waals surface area contributed by atoms with Crippen molar-refractivity contribution in [3.8, 4) is 0 Å². The van der Waals surface area contributed by atoms with Crippen LogP contribution in [-0.4, -0.2) is 120 Å². The molecule has 0 bridgehead atoms. The molecule has 0 aromatic heterocycles. The summed E-state index contributed by atoms with van der Waals surface area (Å²) in [4.78, 5) is 0. The molecule has 0 spiro atoms. The van der Waals surface area contributed by atoms with E-state index in [9.17, 15) is 20.4 Å². The zero-order valence-corrected chi connectivity index (χ0v) is 19.1. The van der Waals surface area contributed by atoms with Gasteiger partial charge in [-0.15, -0.1) is 0 Å². The van der Waals surface area contributed by atoms with Gasteiger partial charge in [-0.1, -0.05) is 6.42 Å². The Balaban J connectivity index is 1.97. The number of nitrogens with one attached hydrogen (secondary N) is 1. The summed E-state index contributed by atoms with van der Waals surface area (Å²) in [6.07, 6.45) is -4.40. The van der Waals surface area contributed by atoms with Gasteiger partial charge < -0.3 is 68.6 Å². The third-order valence-corrected chi connectivity index (χ3v) is 6.41. The van der Waals surface area contributed by atoms with Crippen LogP contribution in [0.4, 0.5) is 0 Å².